The van der Waals surface area contributed by atoms with Gasteiger partial charge in [0.15, 0.2) is 5.11 Å². The van der Waals surface area contributed by atoms with Crippen LogP contribution >= 0.6 is 23.8 Å². The summed E-state index contributed by atoms with van der Waals surface area (Å²) < 4.78 is 10.9. The van der Waals surface area contributed by atoms with Gasteiger partial charge in [0.2, 0.25) is 0 Å². The van der Waals surface area contributed by atoms with Gasteiger partial charge in [0.05, 0.1) is 26.0 Å². The van der Waals surface area contributed by atoms with E-state index in [-0.39, 0.29) is 10.7 Å². The first kappa shape index (κ1) is 21.3. The number of anilines is 2. The van der Waals surface area contributed by atoms with Crippen molar-refractivity contribution in [2.75, 3.05) is 43.2 Å². The zero-order valence-corrected chi connectivity index (χ0v) is 18.3. The number of thiocarbonyl (C=S) groups is 1. The second kappa shape index (κ2) is 9.05. The maximum atomic E-state index is 13.2. The summed E-state index contributed by atoms with van der Waals surface area (Å²) in [4.78, 5) is 29.2. The minimum Gasteiger partial charge on any atom is -0.496 e. The number of benzene rings is 2. The molecule has 2 aliphatic rings. The Hall–Kier alpha value is -2.94. The van der Waals surface area contributed by atoms with E-state index in [0.717, 1.165) is 18.8 Å². The summed E-state index contributed by atoms with van der Waals surface area (Å²) >= 11 is 11.3. The molecular formula is C22H20ClN3O4S. The molecule has 2 aromatic carbocycles. The van der Waals surface area contributed by atoms with Crippen molar-refractivity contribution < 1.29 is 19.1 Å². The molecule has 2 heterocycles. The number of amides is 2. The molecule has 0 aliphatic carbocycles. The molecule has 0 spiro atoms. The maximum absolute atomic E-state index is 13.2. The van der Waals surface area contributed by atoms with E-state index in [1.807, 2.05) is 18.2 Å². The molecule has 0 radical (unpaired) electrons. The van der Waals surface area contributed by atoms with Crippen molar-refractivity contribution in [1.29, 1.82) is 0 Å². The second-order valence-electron chi connectivity index (χ2n) is 6.96. The van der Waals surface area contributed by atoms with Crippen LogP contribution in [0.1, 0.15) is 5.56 Å². The van der Waals surface area contributed by atoms with Gasteiger partial charge in [-0.15, -0.1) is 0 Å². The Morgan fingerprint density at radius 3 is 2.61 bits per heavy atom. The Labute approximate surface area is 190 Å². The molecule has 2 aliphatic heterocycles. The molecule has 9 heteroatoms. The van der Waals surface area contributed by atoms with E-state index in [1.165, 1.54) is 11.0 Å². The van der Waals surface area contributed by atoms with E-state index in [4.69, 9.17) is 33.3 Å². The second-order valence-corrected chi connectivity index (χ2v) is 7.79. The van der Waals surface area contributed by atoms with Crippen LogP contribution in [0, 0.1) is 0 Å². The average Bonchev–Trinajstić information content (AvgIpc) is 2.77. The van der Waals surface area contributed by atoms with Crippen LogP contribution in [-0.2, 0) is 14.3 Å². The van der Waals surface area contributed by atoms with Crippen molar-refractivity contribution >= 4 is 58.2 Å². The molecular weight excluding hydrogens is 438 g/mol. The first-order valence-corrected chi connectivity index (χ1v) is 10.4. The van der Waals surface area contributed by atoms with Crippen LogP contribution in [0.2, 0.25) is 5.02 Å². The molecule has 0 saturated carbocycles. The fourth-order valence-electron chi connectivity index (χ4n) is 3.50. The van der Waals surface area contributed by atoms with Crippen LogP contribution in [0.4, 0.5) is 11.4 Å². The Balaban J connectivity index is 1.68. The third kappa shape index (κ3) is 4.41. The van der Waals surface area contributed by atoms with Gasteiger partial charge in [-0.25, -0.2) is 0 Å². The van der Waals surface area contributed by atoms with E-state index in [9.17, 15) is 9.59 Å². The van der Waals surface area contributed by atoms with Crippen LogP contribution in [0.25, 0.3) is 6.08 Å². The number of halogens is 1. The molecule has 0 bridgehead atoms. The highest BCUT2D eigenvalue weighted by atomic mass is 35.5. The van der Waals surface area contributed by atoms with Crippen molar-refractivity contribution in [3.05, 3.63) is 58.6 Å². The van der Waals surface area contributed by atoms with Crippen LogP contribution in [0.3, 0.4) is 0 Å². The average molecular weight is 458 g/mol. The summed E-state index contributed by atoms with van der Waals surface area (Å²) in [6.45, 7) is 2.91. The third-order valence-electron chi connectivity index (χ3n) is 5.06. The van der Waals surface area contributed by atoms with Crippen molar-refractivity contribution in [1.82, 2.24) is 5.32 Å². The summed E-state index contributed by atoms with van der Waals surface area (Å²) in [5.74, 6) is -0.539. The lowest BCUT2D eigenvalue weighted by molar-refractivity contribution is -0.122. The molecule has 2 fully saturated rings. The van der Waals surface area contributed by atoms with Gasteiger partial charge in [-0.05, 0) is 48.6 Å². The molecule has 2 saturated heterocycles. The number of carbonyl (C=O) groups excluding carboxylic acids is 2. The molecule has 0 unspecified atom stereocenters. The number of nitrogens with one attached hydrogen (secondary N) is 1. The van der Waals surface area contributed by atoms with E-state index >= 15 is 0 Å². The molecule has 31 heavy (non-hydrogen) atoms. The minimum atomic E-state index is -0.562. The molecule has 4 rings (SSSR count). The van der Waals surface area contributed by atoms with Gasteiger partial charge in [0.25, 0.3) is 11.8 Å². The number of hydrogen-bond acceptors (Lipinski definition) is 6. The van der Waals surface area contributed by atoms with E-state index in [2.05, 4.69) is 10.2 Å². The predicted octanol–water partition coefficient (Wildman–Crippen LogP) is 3.02. The van der Waals surface area contributed by atoms with Gasteiger partial charge >= 0.3 is 0 Å². The first-order chi connectivity index (χ1) is 15.0. The van der Waals surface area contributed by atoms with Crippen LogP contribution in [-0.4, -0.2) is 50.3 Å². The lowest BCUT2D eigenvalue weighted by Gasteiger charge is -2.30. The summed E-state index contributed by atoms with van der Waals surface area (Å²) in [5.41, 5.74) is 2.02. The Bertz CT molecular complexity index is 1080. The SMILES string of the molecule is COc1cc(N2CCOCC2)ccc1/C=C1\C(=O)NC(=S)N(c2cccc(Cl)c2)C1=O. The molecule has 2 aromatic rings. The van der Waals surface area contributed by atoms with Crippen molar-refractivity contribution in [3.63, 3.8) is 0 Å². The lowest BCUT2D eigenvalue weighted by atomic mass is 10.1. The summed E-state index contributed by atoms with van der Waals surface area (Å²) in [5, 5.41) is 3.03. The molecule has 0 aromatic heterocycles. The maximum Gasteiger partial charge on any atom is 0.270 e. The number of hydrogen-bond donors (Lipinski definition) is 1. The zero-order chi connectivity index (χ0) is 22.0. The van der Waals surface area contributed by atoms with Crippen LogP contribution in [0.15, 0.2) is 48.0 Å². The number of nitrogens with zero attached hydrogens (tertiary/aromatic N) is 2. The van der Waals surface area contributed by atoms with Gasteiger partial charge in [-0.3, -0.25) is 19.8 Å². The van der Waals surface area contributed by atoms with Gasteiger partial charge in [-0.2, -0.15) is 0 Å². The summed E-state index contributed by atoms with van der Waals surface area (Å²) in [6, 6.07) is 12.4. The molecule has 0 atom stereocenters. The number of ether oxygens (including phenoxy) is 2. The normalized spacial score (nSPS) is 18.4. The standard InChI is InChI=1S/C22H20ClN3O4S/c1-29-19-13-16(25-7-9-30-10-8-25)6-5-14(19)11-18-20(27)24-22(31)26(21(18)28)17-4-2-3-15(23)12-17/h2-6,11-13H,7-10H2,1H3,(H,24,27,31)/b18-11+. The minimum absolute atomic E-state index is 0.00375. The van der Waals surface area contributed by atoms with Crippen molar-refractivity contribution in [3.8, 4) is 5.75 Å². The van der Waals surface area contributed by atoms with Crippen molar-refractivity contribution in [2.24, 2.45) is 0 Å². The van der Waals surface area contributed by atoms with Gasteiger partial charge < -0.3 is 14.4 Å². The van der Waals surface area contributed by atoms with E-state index < -0.39 is 11.8 Å². The molecule has 160 valence electrons. The smallest absolute Gasteiger partial charge is 0.270 e. The topological polar surface area (TPSA) is 71.1 Å². The highest BCUT2D eigenvalue weighted by molar-refractivity contribution is 7.80. The summed E-state index contributed by atoms with van der Waals surface area (Å²) in [6.07, 6.45) is 1.51. The Morgan fingerprint density at radius 2 is 1.90 bits per heavy atom. The Kier molecular flexibility index (Phi) is 6.22. The lowest BCUT2D eigenvalue weighted by Crippen LogP contribution is -2.54. The number of rotatable bonds is 4. The van der Waals surface area contributed by atoms with Gasteiger partial charge in [0.1, 0.15) is 11.3 Å². The fraction of sp³-hybridized carbons (Fsp3) is 0.227. The predicted molar refractivity (Wildman–Crippen MR) is 124 cm³/mol. The number of morpholine rings is 1. The van der Waals surface area contributed by atoms with Crippen LogP contribution < -0.4 is 19.9 Å². The zero-order valence-electron chi connectivity index (χ0n) is 16.8. The van der Waals surface area contributed by atoms with E-state index in [0.29, 0.717) is 35.2 Å². The molecule has 7 nitrogen and oxygen atoms in total. The molecule has 2 amide bonds. The Morgan fingerprint density at radius 1 is 1.13 bits per heavy atom. The quantitative estimate of drug-likeness (QED) is 0.432. The van der Waals surface area contributed by atoms with Gasteiger partial charge in [-0.1, -0.05) is 17.7 Å². The van der Waals surface area contributed by atoms with Crippen molar-refractivity contribution in [2.45, 2.75) is 0 Å². The highest BCUT2D eigenvalue weighted by Crippen LogP contribution is 2.30. The number of carbonyl (C=O) groups is 2. The van der Waals surface area contributed by atoms with Gasteiger partial charge in [0, 0.05) is 35.4 Å². The fourth-order valence-corrected chi connectivity index (χ4v) is 3.97. The van der Waals surface area contributed by atoms with E-state index in [1.54, 1.807) is 31.4 Å². The monoisotopic (exact) mass is 457 g/mol. The number of methoxy groups -OCH3 is 1. The first-order valence-electron chi connectivity index (χ1n) is 9.65. The third-order valence-corrected chi connectivity index (χ3v) is 5.58. The highest BCUT2D eigenvalue weighted by Gasteiger charge is 2.34. The largest absolute Gasteiger partial charge is 0.496 e. The summed E-state index contributed by atoms with van der Waals surface area (Å²) in [7, 11) is 1.55. The molecule has 1 N–H and O–H groups in total. The van der Waals surface area contributed by atoms with Crippen LogP contribution in [0.5, 0.6) is 5.75 Å².